The number of halogens is 4. The zero-order valence-electron chi connectivity index (χ0n) is 47.9. The third-order valence-corrected chi connectivity index (χ3v) is 13.2. The second-order valence-corrected chi connectivity index (χ2v) is 20.1. The van der Waals surface area contributed by atoms with Crippen molar-refractivity contribution in [2.45, 2.75) is 41.5 Å². The lowest BCUT2D eigenvalue weighted by Gasteiger charge is -2.11. The van der Waals surface area contributed by atoms with Crippen LogP contribution in [0, 0.1) is 68.2 Å². The van der Waals surface area contributed by atoms with Gasteiger partial charge in [0.25, 0.3) is 22.7 Å². The number of nitro benzene ring substituents is 4. The first-order chi connectivity index (χ1) is 41.8. The van der Waals surface area contributed by atoms with Gasteiger partial charge in [-0.2, -0.15) is 0 Å². The number of alkyl halides is 4. The van der Waals surface area contributed by atoms with E-state index in [1.165, 1.54) is 48.5 Å². The van der Waals surface area contributed by atoms with Gasteiger partial charge in [0, 0.05) is 24.3 Å². The van der Waals surface area contributed by atoms with Crippen molar-refractivity contribution in [1.29, 1.82) is 0 Å². The monoisotopic (exact) mass is 1290 g/mol. The summed E-state index contributed by atoms with van der Waals surface area (Å²) in [6.07, 6.45) is 0. The van der Waals surface area contributed by atoms with Crippen LogP contribution in [-0.2, 0) is 9.47 Å². The maximum atomic E-state index is 12.0. The summed E-state index contributed by atoms with van der Waals surface area (Å²) in [5.41, 5.74) is 1.05. The van der Waals surface area contributed by atoms with Crippen LogP contribution in [-0.4, -0.2) is 117 Å². The second-order valence-electron chi connectivity index (χ2n) is 18.6. The molecule has 0 aliphatic rings. The van der Waals surface area contributed by atoms with Crippen molar-refractivity contribution >= 4 is 136 Å². The SMILES string of the molecule is CCOC(=O)c1cc2cc(C)c(OCCCl)cc2cc1[N+](=O)[O-].CCOC(=O)c1cc2cc(OCCCl)c(C)cc2cc1[N+](=O)[O-].Cc1cc2cc(C(=O)O)c([N+](=O)[O-])cc2cc1OCCCl.Cc1cc2cc([N+](=O)[O-])c(C(=O)O)cc2cc1OCCCl. The molecule has 8 rings (SSSR count). The number of carbonyl (C=O) groups excluding carboxylic acids is 2. The fraction of sp³-hybridized carbons (Fsp3) is 0.267. The minimum Gasteiger partial charge on any atom is -0.492 e. The summed E-state index contributed by atoms with van der Waals surface area (Å²) in [7, 11) is 0. The smallest absolute Gasteiger partial charge is 0.345 e. The summed E-state index contributed by atoms with van der Waals surface area (Å²) in [5, 5.41) is 67.5. The van der Waals surface area contributed by atoms with Gasteiger partial charge in [0.1, 0.15) is 71.7 Å². The number of nitrogens with zero attached hydrogens (tertiary/aromatic N) is 4. The van der Waals surface area contributed by atoms with Gasteiger partial charge in [-0.15, -0.1) is 46.4 Å². The third-order valence-electron chi connectivity index (χ3n) is 12.6. The van der Waals surface area contributed by atoms with E-state index in [1.54, 1.807) is 63.2 Å². The zero-order valence-corrected chi connectivity index (χ0v) is 50.9. The topological polar surface area (TPSA) is 337 Å². The van der Waals surface area contributed by atoms with Crippen LogP contribution in [0.4, 0.5) is 22.7 Å². The fourth-order valence-electron chi connectivity index (χ4n) is 8.63. The quantitative estimate of drug-likeness (QED) is 0.0275. The zero-order chi connectivity index (χ0) is 65.1. The molecular formula is C60H56Cl4N4O20. The molecular weight excluding hydrogens is 1240 g/mol. The van der Waals surface area contributed by atoms with Crippen LogP contribution in [0.1, 0.15) is 77.5 Å². The first kappa shape index (κ1) is 69.4. The number of rotatable bonds is 22. The number of esters is 2. The van der Waals surface area contributed by atoms with Crippen molar-refractivity contribution in [3.05, 3.63) is 182 Å². The molecule has 0 atom stereocenters. The molecule has 0 unspecified atom stereocenters. The van der Waals surface area contributed by atoms with Gasteiger partial charge < -0.3 is 38.6 Å². The van der Waals surface area contributed by atoms with Crippen molar-refractivity contribution in [3.8, 4) is 23.0 Å². The maximum Gasteiger partial charge on any atom is 0.345 e. The third kappa shape index (κ3) is 17.9. The summed E-state index contributed by atoms with van der Waals surface area (Å²) in [6, 6.07) is 24.5. The molecule has 0 aliphatic carbocycles. The van der Waals surface area contributed by atoms with E-state index in [0.29, 0.717) is 116 Å². The van der Waals surface area contributed by atoms with Gasteiger partial charge in [0.15, 0.2) is 0 Å². The number of fused-ring (bicyclic) bond motifs is 4. The summed E-state index contributed by atoms with van der Waals surface area (Å²) < 4.78 is 31.8. The normalized spacial score (nSPS) is 10.6. The van der Waals surface area contributed by atoms with Gasteiger partial charge in [-0.3, -0.25) is 40.5 Å². The van der Waals surface area contributed by atoms with Crippen LogP contribution in [0.3, 0.4) is 0 Å². The molecule has 2 N–H and O–H groups in total. The van der Waals surface area contributed by atoms with E-state index in [1.807, 2.05) is 26.8 Å². The number of aromatic carboxylic acids is 2. The van der Waals surface area contributed by atoms with Crippen molar-refractivity contribution in [2.75, 3.05) is 63.2 Å². The highest BCUT2D eigenvalue weighted by molar-refractivity contribution is 6.18. The number of ether oxygens (including phenoxy) is 6. The fourth-order valence-corrected chi connectivity index (χ4v) is 8.94. The Kier molecular flexibility index (Phi) is 25.6. The summed E-state index contributed by atoms with van der Waals surface area (Å²) >= 11 is 22.4. The van der Waals surface area contributed by atoms with Crippen LogP contribution in [0.2, 0.25) is 0 Å². The molecule has 8 aromatic carbocycles. The average molecular weight is 1290 g/mol. The molecule has 88 heavy (non-hydrogen) atoms. The maximum absolute atomic E-state index is 12.0. The standard InChI is InChI=1S/2C16H16ClNO5.2C14H12ClNO5/c1-3-22-16(19)13-7-12-9-15(23-5-4-17)10(2)6-11(12)8-14(13)18(20)21;1-3-22-16(19)13-7-11-6-10(2)15(23-5-4-17)9-12(11)8-14(13)18(20)21;1-8-4-9-6-12(16(19)20)11(14(17)18)5-10(9)7-13(8)21-3-2-15;1-8-4-9-5-11(14(17)18)12(16(19)20)6-10(9)7-13(8)21-3-2-15/h2*6-9H,3-5H2,1-2H3;2*4-7H,2-3H2,1H3,(H,17,18). The molecule has 464 valence electrons. The van der Waals surface area contributed by atoms with Gasteiger partial charge in [-0.05, 0) is 180 Å². The Labute approximate surface area is 520 Å². The predicted octanol–water partition coefficient (Wildman–Crippen LogP) is 14.4. The van der Waals surface area contributed by atoms with Crippen molar-refractivity contribution < 1.29 is 77.5 Å². The number of hydrogen-bond donors (Lipinski definition) is 2. The van der Waals surface area contributed by atoms with Crippen LogP contribution in [0.5, 0.6) is 23.0 Å². The number of carboxylic acid groups (broad SMARTS) is 2. The van der Waals surface area contributed by atoms with Gasteiger partial charge in [0.2, 0.25) is 0 Å². The molecule has 0 fully saturated rings. The Morgan fingerprint density at radius 2 is 0.568 bits per heavy atom. The molecule has 24 nitrogen and oxygen atoms in total. The summed E-state index contributed by atoms with van der Waals surface area (Å²) in [5.74, 6) is -0.354. The number of hydrogen-bond acceptors (Lipinski definition) is 18. The van der Waals surface area contributed by atoms with Crippen molar-refractivity contribution in [2.24, 2.45) is 0 Å². The Balaban J connectivity index is 0.000000214. The minimum atomic E-state index is -1.34. The molecule has 0 spiro atoms. The lowest BCUT2D eigenvalue weighted by molar-refractivity contribution is -0.385. The molecule has 0 saturated heterocycles. The van der Waals surface area contributed by atoms with Gasteiger partial charge in [0.05, 0.1) is 56.4 Å². The molecule has 0 heterocycles. The van der Waals surface area contributed by atoms with Gasteiger partial charge >= 0.3 is 23.9 Å². The van der Waals surface area contributed by atoms with E-state index in [9.17, 15) is 59.6 Å². The molecule has 0 aromatic heterocycles. The molecule has 0 saturated carbocycles. The minimum absolute atomic E-state index is 0.0572. The largest absolute Gasteiger partial charge is 0.492 e. The molecule has 0 radical (unpaired) electrons. The molecule has 0 bridgehead atoms. The summed E-state index contributed by atoms with van der Waals surface area (Å²) in [6.45, 7) is 12.2. The van der Waals surface area contributed by atoms with Crippen LogP contribution in [0.15, 0.2) is 97.1 Å². The Hall–Kier alpha value is -9.36. The highest BCUT2D eigenvalue weighted by atomic mass is 35.5. The first-order valence-electron chi connectivity index (χ1n) is 26.3. The van der Waals surface area contributed by atoms with E-state index < -0.39 is 54.9 Å². The number of carboxylic acids is 2. The van der Waals surface area contributed by atoms with Crippen molar-refractivity contribution in [3.63, 3.8) is 0 Å². The number of nitro groups is 4. The van der Waals surface area contributed by atoms with Gasteiger partial charge in [-0.25, -0.2) is 19.2 Å². The highest BCUT2D eigenvalue weighted by Gasteiger charge is 2.26. The Bertz CT molecular complexity index is 3870. The lowest BCUT2D eigenvalue weighted by atomic mass is 10.0. The number of benzene rings is 8. The van der Waals surface area contributed by atoms with Crippen LogP contribution < -0.4 is 18.9 Å². The van der Waals surface area contributed by atoms with Gasteiger partial charge in [-0.1, -0.05) is 0 Å². The van der Waals surface area contributed by atoms with Crippen LogP contribution in [0.25, 0.3) is 43.1 Å². The second kappa shape index (κ2) is 32.4. The molecule has 8 aromatic rings. The van der Waals surface area contributed by atoms with Crippen LogP contribution >= 0.6 is 46.4 Å². The molecule has 0 aliphatic heterocycles. The van der Waals surface area contributed by atoms with E-state index >= 15 is 0 Å². The van der Waals surface area contributed by atoms with E-state index in [0.717, 1.165) is 22.3 Å². The summed E-state index contributed by atoms with van der Waals surface area (Å²) in [4.78, 5) is 88.0. The lowest BCUT2D eigenvalue weighted by Crippen LogP contribution is -2.08. The van der Waals surface area contributed by atoms with E-state index in [4.69, 9.17) is 85.0 Å². The van der Waals surface area contributed by atoms with E-state index in [2.05, 4.69) is 0 Å². The average Bonchev–Trinajstić information content (AvgIpc) is 1.39. The Morgan fingerprint density at radius 3 is 0.784 bits per heavy atom. The highest BCUT2D eigenvalue weighted by Crippen LogP contribution is 2.36. The predicted molar refractivity (Wildman–Crippen MR) is 332 cm³/mol. The molecule has 0 amide bonds. The van der Waals surface area contributed by atoms with Crippen molar-refractivity contribution in [1.82, 2.24) is 0 Å². The van der Waals surface area contributed by atoms with E-state index in [-0.39, 0.29) is 46.8 Å². The number of aryl methyl sites for hydroxylation is 4. The number of carbonyl (C=O) groups is 4. The molecule has 28 heteroatoms. The Morgan fingerprint density at radius 1 is 0.364 bits per heavy atom. The first-order valence-corrected chi connectivity index (χ1v) is 28.4.